The molecular weight excluding hydrogens is 276 g/mol. The van der Waals surface area contributed by atoms with E-state index in [9.17, 15) is 4.79 Å². The Bertz CT molecular complexity index is 711. The Hall–Kier alpha value is -2.51. The number of para-hydroxylation sites is 1. The van der Waals surface area contributed by atoms with Crippen LogP contribution >= 0.6 is 11.6 Å². The van der Waals surface area contributed by atoms with Gasteiger partial charge in [-0.05, 0) is 31.2 Å². The number of nitrogens with zero attached hydrogens (tertiary/aromatic N) is 1. The van der Waals surface area contributed by atoms with E-state index in [0.29, 0.717) is 22.2 Å². The molecule has 100 valence electrons. The van der Waals surface area contributed by atoms with Crippen LogP contribution in [-0.4, -0.2) is 5.91 Å². The molecule has 1 aromatic carbocycles. The van der Waals surface area contributed by atoms with Crippen molar-refractivity contribution in [1.29, 1.82) is 5.26 Å². The smallest absolute Gasteiger partial charge is 0.266 e. The molecule has 2 aromatic rings. The summed E-state index contributed by atoms with van der Waals surface area (Å²) in [6, 6.07) is 12.1. The fourth-order valence-electron chi connectivity index (χ4n) is 1.57. The molecule has 0 aliphatic carbocycles. The zero-order valence-electron chi connectivity index (χ0n) is 10.7. The summed E-state index contributed by atoms with van der Waals surface area (Å²) in [5.74, 6) is 0.628. The van der Waals surface area contributed by atoms with Crippen LogP contribution < -0.4 is 5.32 Å². The van der Waals surface area contributed by atoms with E-state index in [1.54, 1.807) is 43.3 Å². The van der Waals surface area contributed by atoms with Gasteiger partial charge in [0.2, 0.25) is 0 Å². The normalized spacial score (nSPS) is 10.9. The second-order valence-corrected chi connectivity index (χ2v) is 4.46. The van der Waals surface area contributed by atoms with Crippen molar-refractivity contribution in [3.63, 3.8) is 0 Å². The molecular formula is C15H11ClN2O2. The van der Waals surface area contributed by atoms with Gasteiger partial charge in [-0.25, -0.2) is 0 Å². The van der Waals surface area contributed by atoms with Gasteiger partial charge in [-0.15, -0.1) is 0 Å². The van der Waals surface area contributed by atoms with Crippen molar-refractivity contribution in [3.8, 4) is 6.07 Å². The van der Waals surface area contributed by atoms with Crippen molar-refractivity contribution in [2.75, 3.05) is 5.32 Å². The van der Waals surface area contributed by atoms with Crippen molar-refractivity contribution in [2.24, 2.45) is 0 Å². The Morgan fingerprint density at radius 2 is 2.10 bits per heavy atom. The Morgan fingerprint density at radius 3 is 2.70 bits per heavy atom. The van der Waals surface area contributed by atoms with Gasteiger partial charge in [-0.3, -0.25) is 4.79 Å². The third-order valence-corrected chi connectivity index (χ3v) is 2.86. The Balaban J connectivity index is 2.21. The maximum atomic E-state index is 12.0. The predicted molar refractivity (Wildman–Crippen MR) is 77.1 cm³/mol. The van der Waals surface area contributed by atoms with Crippen molar-refractivity contribution in [2.45, 2.75) is 6.92 Å². The zero-order valence-corrected chi connectivity index (χ0v) is 11.4. The number of nitriles is 1. The van der Waals surface area contributed by atoms with Crippen molar-refractivity contribution in [1.82, 2.24) is 0 Å². The highest BCUT2D eigenvalue weighted by molar-refractivity contribution is 6.34. The van der Waals surface area contributed by atoms with Gasteiger partial charge in [0.1, 0.15) is 23.2 Å². The molecule has 0 saturated heterocycles. The molecule has 0 unspecified atom stereocenters. The molecule has 1 heterocycles. The van der Waals surface area contributed by atoms with E-state index in [1.165, 1.54) is 6.08 Å². The minimum atomic E-state index is -0.533. The molecule has 0 radical (unpaired) electrons. The number of hydrogen-bond donors (Lipinski definition) is 1. The standard InChI is InChI=1S/C15H11ClN2O2/c1-10-6-7-12(20-10)8-11(9-17)15(19)18-14-5-3-2-4-13(14)16/h2-8H,1H3,(H,18,19)/b11-8-. The molecule has 0 saturated carbocycles. The van der Waals surface area contributed by atoms with E-state index in [-0.39, 0.29) is 5.57 Å². The number of carbonyl (C=O) groups is 1. The lowest BCUT2D eigenvalue weighted by Crippen LogP contribution is -2.13. The number of furan rings is 1. The first kappa shape index (κ1) is 13.9. The molecule has 1 N–H and O–H groups in total. The van der Waals surface area contributed by atoms with Crippen molar-refractivity contribution >= 4 is 29.3 Å². The van der Waals surface area contributed by atoms with Crippen LogP contribution in [0, 0.1) is 18.3 Å². The first-order valence-electron chi connectivity index (χ1n) is 5.84. The molecule has 2 rings (SSSR count). The van der Waals surface area contributed by atoms with Crippen LogP contribution in [0.2, 0.25) is 5.02 Å². The molecule has 1 aromatic heterocycles. The SMILES string of the molecule is Cc1ccc(/C=C(/C#N)C(=O)Nc2ccccc2Cl)o1. The molecule has 5 heteroatoms. The predicted octanol–water partition coefficient (Wildman–Crippen LogP) is 3.79. The average Bonchev–Trinajstić information content (AvgIpc) is 2.84. The monoisotopic (exact) mass is 286 g/mol. The minimum absolute atomic E-state index is 0.0562. The van der Waals surface area contributed by atoms with Crippen LogP contribution in [0.25, 0.3) is 6.08 Å². The third-order valence-electron chi connectivity index (χ3n) is 2.53. The summed E-state index contributed by atoms with van der Waals surface area (Å²) in [6.07, 6.45) is 1.39. The van der Waals surface area contributed by atoms with Crippen molar-refractivity contribution < 1.29 is 9.21 Å². The van der Waals surface area contributed by atoms with Gasteiger partial charge in [0, 0.05) is 6.08 Å². The lowest BCUT2D eigenvalue weighted by atomic mass is 10.2. The number of anilines is 1. The fraction of sp³-hybridized carbons (Fsp3) is 0.0667. The van der Waals surface area contributed by atoms with Gasteiger partial charge in [0.05, 0.1) is 10.7 Å². The largest absolute Gasteiger partial charge is 0.462 e. The maximum Gasteiger partial charge on any atom is 0.266 e. The summed E-state index contributed by atoms with van der Waals surface area (Å²) in [5.41, 5.74) is 0.398. The molecule has 0 atom stereocenters. The molecule has 0 fully saturated rings. The van der Waals surface area contributed by atoms with Gasteiger partial charge in [-0.2, -0.15) is 5.26 Å². The highest BCUT2D eigenvalue weighted by Gasteiger charge is 2.11. The van der Waals surface area contributed by atoms with Crippen LogP contribution in [-0.2, 0) is 4.79 Å². The Morgan fingerprint density at radius 1 is 1.35 bits per heavy atom. The van der Waals surface area contributed by atoms with Crippen LogP contribution in [0.1, 0.15) is 11.5 Å². The summed E-state index contributed by atoms with van der Waals surface area (Å²) in [6.45, 7) is 1.78. The van der Waals surface area contributed by atoms with Gasteiger partial charge in [-0.1, -0.05) is 23.7 Å². The first-order chi connectivity index (χ1) is 9.60. The molecule has 0 aliphatic rings. The number of benzene rings is 1. The lowest BCUT2D eigenvalue weighted by Gasteiger charge is -2.05. The highest BCUT2D eigenvalue weighted by Crippen LogP contribution is 2.21. The van der Waals surface area contributed by atoms with E-state index in [4.69, 9.17) is 21.3 Å². The van der Waals surface area contributed by atoms with Gasteiger partial charge in [0.25, 0.3) is 5.91 Å². The molecule has 0 bridgehead atoms. The number of hydrogen-bond acceptors (Lipinski definition) is 3. The molecule has 0 aliphatic heterocycles. The summed E-state index contributed by atoms with van der Waals surface area (Å²) in [5, 5.41) is 12.1. The third kappa shape index (κ3) is 3.28. The highest BCUT2D eigenvalue weighted by atomic mass is 35.5. The molecule has 0 spiro atoms. The van der Waals surface area contributed by atoms with Gasteiger partial charge < -0.3 is 9.73 Å². The quantitative estimate of drug-likeness (QED) is 0.689. The Kier molecular flexibility index (Phi) is 4.24. The van der Waals surface area contributed by atoms with E-state index in [0.717, 1.165) is 0 Å². The number of aryl methyl sites for hydroxylation is 1. The van der Waals surface area contributed by atoms with Crippen molar-refractivity contribution in [3.05, 3.63) is 58.5 Å². The number of nitrogens with one attached hydrogen (secondary N) is 1. The maximum absolute atomic E-state index is 12.0. The molecule has 20 heavy (non-hydrogen) atoms. The topological polar surface area (TPSA) is 66.0 Å². The van der Waals surface area contributed by atoms with E-state index >= 15 is 0 Å². The number of rotatable bonds is 3. The van der Waals surface area contributed by atoms with Crippen LogP contribution in [0.3, 0.4) is 0 Å². The second-order valence-electron chi connectivity index (χ2n) is 4.05. The summed E-state index contributed by atoms with van der Waals surface area (Å²) in [7, 11) is 0. The summed E-state index contributed by atoms with van der Waals surface area (Å²) < 4.78 is 5.31. The van der Waals surface area contributed by atoms with Gasteiger partial charge >= 0.3 is 0 Å². The Labute approximate surface area is 121 Å². The summed E-state index contributed by atoms with van der Waals surface area (Å²) in [4.78, 5) is 12.0. The second kappa shape index (κ2) is 6.09. The van der Waals surface area contributed by atoms with E-state index in [2.05, 4.69) is 5.32 Å². The van der Waals surface area contributed by atoms with Crippen LogP contribution in [0.4, 0.5) is 5.69 Å². The van der Waals surface area contributed by atoms with Gasteiger partial charge in [0.15, 0.2) is 0 Å². The first-order valence-corrected chi connectivity index (χ1v) is 6.22. The van der Waals surface area contributed by atoms with Crippen LogP contribution in [0.15, 0.2) is 46.4 Å². The zero-order chi connectivity index (χ0) is 14.5. The lowest BCUT2D eigenvalue weighted by molar-refractivity contribution is -0.112. The summed E-state index contributed by atoms with van der Waals surface area (Å²) >= 11 is 5.94. The van der Waals surface area contributed by atoms with E-state index in [1.807, 2.05) is 6.07 Å². The van der Waals surface area contributed by atoms with E-state index < -0.39 is 5.91 Å². The molecule has 1 amide bonds. The minimum Gasteiger partial charge on any atom is -0.462 e. The fourth-order valence-corrected chi connectivity index (χ4v) is 1.76. The number of carbonyl (C=O) groups excluding carboxylic acids is 1. The number of halogens is 1. The average molecular weight is 287 g/mol. The van der Waals surface area contributed by atoms with Crippen LogP contribution in [0.5, 0.6) is 0 Å². The number of amides is 1. The molecule has 4 nitrogen and oxygen atoms in total.